The third kappa shape index (κ3) is 2.43. The van der Waals surface area contributed by atoms with Crippen molar-refractivity contribution in [3.8, 4) is 17.2 Å². The second-order valence-electron chi connectivity index (χ2n) is 3.54. The van der Waals surface area contributed by atoms with Crippen LogP contribution in [0.2, 0.25) is 0 Å². The zero-order valence-corrected chi connectivity index (χ0v) is 9.75. The summed E-state index contributed by atoms with van der Waals surface area (Å²) < 4.78 is 10.7. The molecule has 2 rings (SSSR count). The molecule has 0 fully saturated rings. The number of hydrogen-bond donors (Lipinski definition) is 0. The maximum absolute atomic E-state index is 10.9. The predicted molar refractivity (Wildman–Crippen MR) is 63.8 cm³/mol. The maximum Gasteiger partial charge on any atom is 0.169 e. The Hall–Kier alpha value is -2.49. The zero-order chi connectivity index (χ0) is 13.0. The van der Waals surface area contributed by atoms with Gasteiger partial charge in [-0.1, -0.05) is 24.3 Å². The van der Waals surface area contributed by atoms with Crippen molar-refractivity contribution < 1.29 is 19.4 Å². The quantitative estimate of drug-likeness (QED) is 0.822. The van der Waals surface area contributed by atoms with Gasteiger partial charge in [-0.25, -0.2) is 0 Å². The van der Waals surface area contributed by atoms with Gasteiger partial charge < -0.3 is 19.4 Å². The van der Waals surface area contributed by atoms with Gasteiger partial charge in [0.1, 0.15) is 5.75 Å². The summed E-state index contributed by atoms with van der Waals surface area (Å²) >= 11 is 0. The number of carbonyl (C=O) groups is 1. The van der Waals surface area contributed by atoms with Crippen molar-refractivity contribution in [2.45, 2.75) is 0 Å². The first-order chi connectivity index (χ1) is 8.72. The van der Waals surface area contributed by atoms with Crippen LogP contribution in [-0.4, -0.2) is 13.1 Å². The standard InChI is InChI=1S/C14H12O4/c1-17-12-8-4-5-9-13(12)18-11-7-3-2-6-10(11)14(15)16/h2-9H,1H3,(H,15,16)/p-1. The summed E-state index contributed by atoms with van der Waals surface area (Å²) in [4.78, 5) is 10.9. The fourth-order valence-electron chi connectivity index (χ4n) is 1.55. The highest BCUT2D eigenvalue weighted by molar-refractivity contribution is 5.89. The van der Waals surface area contributed by atoms with Gasteiger partial charge in [0, 0.05) is 5.56 Å². The molecular weight excluding hydrogens is 232 g/mol. The third-order valence-corrected chi connectivity index (χ3v) is 2.40. The Morgan fingerprint density at radius 2 is 1.50 bits per heavy atom. The topological polar surface area (TPSA) is 58.6 Å². The lowest BCUT2D eigenvalue weighted by atomic mass is 10.2. The van der Waals surface area contributed by atoms with Gasteiger partial charge in [0.25, 0.3) is 0 Å². The number of carboxylic acid groups (broad SMARTS) is 1. The molecule has 0 aliphatic heterocycles. The van der Waals surface area contributed by atoms with Crippen LogP contribution in [0.4, 0.5) is 0 Å². The highest BCUT2D eigenvalue weighted by atomic mass is 16.5. The number of ether oxygens (including phenoxy) is 2. The summed E-state index contributed by atoms with van der Waals surface area (Å²) in [5.74, 6) is -0.0677. The molecular formula is C14H11O4-. The molecule has 0 amide bonds. The van der Waals surface area contributed by atoms with E-state index < -0.39 is 5.97 Å². The van der Waals surface area contributed by atoms with E-state index in [0.717, 1.165) is 0 Å². The van der Waals surface area contributed by atoms with E-state index in [1.54, 1.807) is 42.5 Å². The monoisotopic (exact) mass is 243 g/mol. The van der Waals surface area contributed by atoms with Crippen LogP contribution in [0, 0.1) is 0 Å². The smallest absolute Gasteiger partial charge is 0.169 e. The van der Waals surface area contributed by atoms with E-state index in [4.69, 9.17) is 9.47 Å². The van der Waals surface area contributed by atoms with Gasteiger partial charge in [-0.2, -0.15) is 0 Å². The number of rotatable bonds is 4. The molecule has 0 bridgehead atoms. The van der Waals surface area contributed by atoms with E-state index in [9.17, 15) is 9.90 Å². The van der Waals surface area contributed by atoms with E-state index >= 15 is 0 Å². The highest BCUT2D eigenvalue weighted by Gasteiger charge is 2.08. The Morgan fingerprint density at radius 1 is 0.944 bits per heavy atom. The number of hydrogen-bond acceptors (Lipinski definition) is 4. The lowest BCUT2D eigenvalue weighted by molar-refractivity contribution is -0.255. The molecule has 4 heteroatoms. The van der Waals surface area contributed by atoms with Gasteiger partial charge in [-0.15, -0.1) is 0 Å². The Morgan fingerprint density at radius 3 is 2.11 bits per heavy atom. The van der Waals surface area contributed by atoms with E-state index in [1.165, 1.54) is 13.2 Å². The zero-order valence-electron chi connectivity index (χ0n) is 9.75. The number of para-hydroxylation sites is 3. The molecule has 0 heterocycles. The van der Waals surface area contributed by atoms with Gasteiger partial charge in [0.05, 0.1) is 13.1 Å². The van der Waals surface area contributed by atoms with E-state index in [1.807, 2.05) is 0 Å². The van der Waals surface area contributed by atoms with E-state index in [2.05, 4.69) is 0 Å². The summed E-state index contributed by atoms with van der Waals surface area (Å²) in [6.45, 7) is 0. The largest absolute Gasteiger partial charge is 0.545 e. The van der Waals surface area contributed by atoms with Crippen LogP contribution in [0.25, 0.3) is 0 Å². The van der Waals surface area contributed by atoms with Crippen LogP contribution >= 0.6 is 0 Å². The van der Waals surface area contributed by atoms with Crippen LogP contribution in [0.15, 0.2) is 48.5 Å². The van der Waals surface area contributed by atoms with Crippen LogP contribution in [0.3, 0.4) is 0 Å². The molecule has 0 N–H and O–H groups in total. The first-order valence-corrected chi connectivity index (χ1v) is 5.33. The van der Waals surface area contributed by atoms with Crippen molar-refractivity contribution in [2.24, 2.45) is 0 Å². The fourth-order valence-corrected chi connectivity index (χ4v) is 1.55. The Balaban J connectivity index is 2.37. The Labute approximate surface area is 104 Å². The molecule has 0 saturated carbocycles. The molecule has 0 unspecified atom stereocenters. The van der Waals surface area contributed by atoms with Crippen molar-refractivity contribution in [1.29, 1.82) is 0 Å². The average molecular weight is 243 g/mol. The predicted octanol–water partition coefficient (Wildman–Crippen LogP) is 1.85. The minimum Gasteiger partial charge on any atom is -0.545 e. The molecule has 0 saturated heterocycles. The molecule has 0 atom stereocenters. The molecule has 4 nitrogen and oxygen atoms in total. The van der Waals surface area contributed by atoms with E-state index in [0.29, 0.717) is 11.5 Å². The molecule has 2 aromatic carbocycles. The number of aromatic carboxylic acids is 1. The van der Waals surface area contributed by atoms with Crippen molar-refractivity contribution in [1.82, 2.24) is 0 Å². The van der Waals surface area contributed by atoms with Crippen LogP contribution in [-0.2, 0) is 0 Å². The number of carbonyl (C=O) groups excluding carboxylic acids is 1. The average Bonchev–Trinajstić information content (AvgIpc) is 2.40. The first-order valence-electron chi connectivity index (χ1n) is 5.33. The molecule has 92 valence electrons. The number of benzene rings is 2. The highest BCUT2D eigenvalue weighted by Crippen LogP contribution is 2.32. The van der Waals surface area contributed by atoms with E-state index in [-0.39, 0.29) is 11.3 Å². The van der Waals surface area contributed by atoms with Crippen molar-refractivity contribution in [3.63, 3.8) is 0 Å². The molecule has 0 spiro atoms. The molecule has 0 aliphatic rings. The maximum atomic E-state index is 10.9. The third-order valence-electron chi connectivity index (χ3n) is 2.40. The van der Waals surface area contributed by atoms with Crippen LogP contribution < -0.4 is 14.6 Å². The fraction of sp³-hybridized carbons (Fsp3) is 0.0714. The van der Waals surface area contributed by atoms with Gasteiger partial charge in [0.2, 0.25) is 0 Å². The van der Waals surface area contributed by atoms with Crippen molar-refractivity contribution in [3.05, 3.63) is 54.1 Å². The normalized spacial score (nSPS) is 9.83. The number of methoxy groups -OCH3 is 1. The molecule has 0 aliphatic carbocycles. The lowest BCUT2D eigenvalue weighted by Crippen LogP contribution is -2.22. The first kappa shape index (κ1) is 12.0. The Bertz CT molecular complexity index is 563. The van der Waals surface area contributed by atoms with Gasteiger partial charge in [0.15, 0.2) is 11.5 Å². The van der Waals surface area contributed by atoms with Crippen molar-refractivity contribution in [2.75, 3.05) is 7.11 Å². The molecule has 18 heavy (non-hydrogen) atoms. The van der Waals surface area contributed by atoms with Crippen LogP contribution in [0.5, 0.6) is 17.2 Å². The van der Waals surface area contributed by atoms with Gasteiger partial charge in [-0.05, 0) is 24.3 Å². The van der Waals surface area contributed by atoms with Gasteiger partial charge in [-0.3, -0.25) is 0 Å². The lowest BCUT2D eigenvalue weighted by Gasteiger charge is -2.13. The SMILES string of the molecule is COc1ccccc1Oc1ccccc1C(=O)[O-]. The summed E-state index contributed by atoms with van der Waals surface area (Å²) in [6.07, 6.45) is 0. The second kappa shape index (κ2) is 5.23. The molecule has 0 aromatic heterocycles. The molecule has 0 radical (unpaired) electrons. The summed E-state index contributed by atoms with van der Waals surface area (Å²) in [6, 6.07) is 13.3. The van der Waals surface area contributed by atoms with Gasteiger partial charge >= 0.3 is 0 Å². The van der Waals surface area contributed by atoms with Crippen LogP contribution in [0.1, 0.15) is 10.4 Å². The van der Waals surface area contributed by atoms with Crippen molar-refractivity contribution >= 4 is 5.97 Å². The minimum atomic E-state index is -1.28. The molecule has 2 aromatic rings. The summed E-state index contributed by atoms with van der Waals surface area (Å²) in [5, 5.41) is 10.9. The summed E-state index contributed by atoms with van der Waals surface area (Å²) in [7, 11) is 1.52. The Kier molecular flexibility index (Phi) is 3.48. The number of carboxylic acids is 1. The minimum absolute atomic E-state index is 0.00315. The summed E-state index contributed by atoms with van der Waals surface area (Å²) in [5.41, 5.74) is 0.00315. The second-order valence-corrected chi connectivity index (χ2v) is 3.54.